The second-order valence-corrected chi connectivity index (χ2v) is 4.95. The maximum Gasteiger partial charge on any atom is 0.128 e. The third-order valence-electron chi connectivity index (χ3n) is 3.36. The Morgan fingerprint density at radius 3 is 2.45 bits per heavy atom. The largest absolute Gasteiger partial charge is 0.394 e. The zero-order valence-corrected chi connectivity index (χ0v) is 11.2. The number of hydrogen-bond donors (Lipinski definition) is 2. The molecule has 0 aliphatic carbocycles. The van der Waals surface area contributed by atoms with Crippen molar-refractivity contribution in [1.29, 1.82) is 0 Å². The zero-order valence-electron chi connectivity index (χ0n) is 11.2. The Hall–Kier alpha value is -1.78. The Morgan fingerprint density at radius 2 is 1.80 bits per heavy atom. The number of rotatable bonds is 5. The minimum absolute atomic E-state index is 0.121. The van der Waals surface area contributed by atoms with E-state index in [0.29, 0.717) is 6.54 Å². The van der Waals surface area contributed by atoms with Crippen LogP contribution in [0.5, 0.6) is 0 Å². The van der Waals surface area contributed by atoms with Crippen LogP contribution in [0.3, 0.4) is 0 Å². The number of hydrogen-bond acceptors (Lipinski definition) is 2. The molecule has 0 spiro atoms. The van der Waals surface area contributed by atoms with E-state index < -0.39 is 17.2 Å². The molecule has 0 amide bonds. The lowest BCUT2D eigenvalue weighted by molar-refractivity contribution is 0.169. The van der Waals surface area contributed by atoms with E-state index >= 15 is 0 Å². The molecular weight excluding hydrogens is 260 g/mol. The molecule has 0 radical (unpaired) electrons. The average Bonchev–Trinajstić information content (AvgIpc) is 2.48. The first-order chi connectivity index (χ1) is 9.55. The molecule has 106 valence electrons. The molecule has 0 aromatic heterocycles. The van der Waals surface area contributed by atoms with Crippen molar-refractivity contribution in [2.24, 2.45) is 0 Å². The summed E-state index contributed by atoms with van der Waals surface area (Å²) in [6, 6.07) is 12.8. The van der Waals surface area contributed by atoms with Crippen LogP contribution in [0.2, 0.25) is 0 Å². The lowest BCUT2D eigenvalue weighted by Gasteiger charge is -2.30. The molecule has 2 aromatic rings. The van der Waals surface area contributed by atoms with Crippen LogP contribution in [0.4, 0.5) is 8.78 Å². The molecule has 0 heterocycles. The summed E-state index contributed by atoms with van der Waals surface area (Å²) in [6.45, 7) is 1.77. The Morgan fingerprint density at radius 1 is 1.10 bits per heavy atom. The van der Waals surface area contributed by atoms with Gasteiger partial charge < -0.3 is 10.4 Å². The summed E-state index contributed by atoms with van der Waals surface area (Å²) < 4.78 is 27.2. The number of benzene rings is 2. The van der Waals surface area contributed by atoms with Crippen molar-refractivity contribution in [3.63, 3.8) is 0 Å². The van der Waals surface area contributed by atoms with Gasteiger partial charge in [0.25, 0.3) is 0 Å². The van der Waals surface area contributed by atoms with Crippen LogP contribution in [-0.4, -0.2) is 11.7 Å². The monoisotopic (exact) mass is 277 g/mol. The highest BCUT2D eigenvalue weighted by molar-refractivity contribution is 5.27. The minimum Gasteiger partial charge on any atom is -0.394 e. The van der Waals surface area contributed by atoms with Gasteiger partial charge in [0, 0.05) is 12.1 Å². The molecule has 0 aliphatic heterocycles. The molecule has 0 aliphatic rings. The minimum atomic E-state index is -1.04. The Balaban J connectivity index is 2.22. The van der Waals surface area contributed by atoms with Crippen molar-refractivity contribution < 1.29 is 13.9 Å². The van der Waals surface area contributed by atoms with Gasteiger partial charge in [-0.25, -0.2) is 8.78 Å². The first-order valence-electron chi connectivity index (χ1n) is 6.40. The standard InChI is InChI=1S/C16H17F2NO/c1-16(11-20,14-9-13(17)7-8-15(14)18)19-10-12-5-3-2-4-6-12/h2-9,19-20H,10-11H2,1H3. The first-order valence-corrected chi connectivity index (χ1v) is 6.40. The van der Waals surface area contributed by atoms with Crippen molar-refractivity contribution in [3.05, 3.63) is 71.3 Å². The summed E-state index contributed by atoms with van der Waals surface area (Å²) in [6.07, 6.45) is 0. The fourth-order valence-corrected chi connectivity index (χ4v) is 2.05. The van der Waals surface area contributed by atoms with Gasteiger partial charge in [-0.3, -0.25) is 0 Å². The lowest BCUT2D eigenvalue weighted by atomic mass is 9.92. The predicted octanol–water partition coefficient (Wildman–Crippen LogP) is 2.96. The predicted molar refractivity (Wildman–Crippen MR) is 74.1 cm³/mol. The van der Waals surface area contributed by atoms with Crippen LogP contribution in [0.15, 0.2) is 48.5 Å². The summed E-state index contributed by atoms with van der Waals surface area (Å²) in [5.41, 5.74) is 0.0853. The van der Waals surface area contributed by atoms with Crippen LogP contribution < -0.4 is 5.32 Å². The molecule has 0 saturated carbocycles. The molecule has 0 bridgehead atoms. The van der Waals surface area contributed by atoms with Crippen LogP contribution in [-0.2, 0) is 12.1 Å². The van der Waals surface area contributed by atoms with Crippen molar-refractivity contribution in [2.75, 3.05) is 6.61 Å². The van der Waals surface area contributed by atoms with Crippen molar-refractivity contribution in [1.82, 2.24) is 5.32 Å². The molecule has 2 aromatic carbocycles. The van der Waals surface area contributed by atoms with Gasteiger partial charge in [0.05, 0.1) is 12.1 Å². The highest BCUT2D eigenvalue weighted by atomic mass is 19.1. The first kappa shape index (κ1) is 14.6. The van der Waals surface area contributed by atoms with E-state index in [2.05, 4.69) is 5.32 Å². The number of aliphatic hydroxyl groups is 1. The Kier molecular flexibility index (Phi) is 4.47. The molecule has 20 heavy (non-hydrogen) atoms. The second kappa shape index (κ2) is 6.11. The average molecular weight is 277 g/mol. The molecule has 1 atom stereocenters. The molecule has 2 rings (SSSR count). The second-order valence-electron chi connectivity index (χ2n) is 4.95. The topological polar surface area (TPSA) is 32.3 Å². The molecule has 1 unspecified atom stereocenters. The summed E-state index contributed by atoms with van der Waals surface area (Å²) in [5, 5.41) is 12.7. The van der Waals surface area contributed by atoms with E-state index in [1.807, 2.05) is 30.3 Å². The van der Waals surface area contributed by atoms with Gasteiger partial charge in [0.15, 0.2) is 0 Å². The smallest absolute Gasteiger partial charge is 0.128 e. The molecule has 0 saturated heterocycles. The van der Waals surface area contributed by atoms with E-state index in [-0.39, 0.29) is 12.2 Å². The van der Waals surface area contributed by atoms with E-state index in [4.69, 9.17) is 0 Å². The fraction of sp³-hybridized carbons (Fsp3) is 0.250. The molecule has 0 fully saturated rings. The molecule has 2 nitrogen and oxygen atoms in total. The lowest BCUT2D eigenvalue weighted by Crippen LogP contribution is -2.43. The van der Waals surface area contributed by atoms with Gasteiger partial charge in [-0.1, -0.05) is 30.3 Å². The number of nitrogens with one attached hydrogen (secondary N) is 1. The van der Waals surface area contributed by atoms with Gasteiger partial charge in [-0.15, -0.1) is 0 Å². The molecule has 4 heteroatoms. The summed E-state index contributed by atoms with van der Waals surface area (Å²) in [7, 11) is 0. The summed E-state index contributed by atoms with van der Waals surface area (Å²) >= 11 is 0. The van der Waals surface area contributed by atoms with Gasteiger partial charge in [0.2, 0.25) is 0 Å². The highest BCUT2D eigenvalue weighted by Crippen LogP contribution is 2.24. The SMILES string of the molecule is CC(CO)(NCc1ccccc1)c1cc(F)ccc1F. The van der Waals surface area contributed by atoms with E-state index in [1.165, 1.54) is 0 Å². The Labute approximate surface area is 117 Å². The summed E-state index contributed by atoms with van der Waals surface area (Å²) in [5.74, 6) is -1.06. The number of halogens is 2. The quantitative estimate of drug-likeness (QED) is 0.880. The molecule has 2 N–H and O–H groups in total. The third kappa shape index (κ3) is 3.21. The van der Waals surface area contributed by atoms with E-state index in [1.54, 1.807) is 6.92 Å². The van der Waals surface area contributed by atoms with Crippen molar-refractivity contribution >= 4 is 0 Å². The van der Waals surface area contributed by atoms with Gasteiger partial charge in [-0.05, 0) is 30.7 Å². The van der Waals surface area contributed by atoms with Crippen molar-refractivity contribution in [3.8, 4) is 0 Å². The van der Waals surface area contributed by atoms with Crippen LogP contribution in [0.25, 0.3) is 0 Å². The normalized spacial score (nSPS) is 14.0. The Bertz CT molecular complexity index is 574. The number of aliphatic hydroxyl groups excluding tert-OH is 1. The van der Waals surface area contributed by atoms with Gasteiger partial charge >= 0.3 is 0 Å². The maximum atomic E-state index is 13.9. The van der Waals surface area contributed by atoms with Crippen LogP contribution in [0, 0.1) is 11.6 Å². The van der Waals surface area contributed by atoms with Crippen molar-refractivity contribution in [2.45, 2.75) is 19.0 Å². The molecular formula is C16H17F2NO. The van der Waals surface area contributed by atoms with E-state index in [9.17, 15) is 13.9 Å². The fourth-order valence-electron chi connectivity index (χ4n) is 2.05. The summed E-state index contributed by atoms with van der Waals surface area (Å²) in [4.78, 5) is 0. The highest BCUT2D eigenvalue weighted by Gasteiger charge is 2.28. The van der Waals surface area contributed by atoms with Gasteiger partial charge in [-0.2, -0.15) is 0 Å². The van der Waals surface area contributed by atoms with Crippen LogP contribution >= 0.6 is 0 Å². The zero-order chi connectivity index (χ0) is 14.6. The van der Waals surface area contributed by atoms with Gasteiger partial charge in [0.1, 0.15) is 11.6 Å². The van der Waals surface area contributed by atoms with Crippen LogP contribution in [0.1, 0.15) is 18.1 Å². The maximum absolute atomic E-state index is 13.9. The third-order valence-corrected chi connectivity index (χ3v) is 3.36. The van der Waals surface area contributed by atoms with E-state index in [0.717, 1.165) is 23.8 Å².